The summed E-state index contributed by atoms with van der Waals surface area (Å²) in [6.45, 7) is 3.09. The van der Waals surface area contributed by atoms with Crippen LogP contribution in [0, 0.1) is 0 Å². The van der Waals surface area contributed by atoms with Crippen LogP contribution in [-0.4, -0.2) is 26.6 Å². The fraction of sp³-hybridized carbons (Fsp3) is 0.375. The Bertz CT molecular complexity index is 298. The van der Waals surface area contributed by atoms with Gasteiger partial charge in [0.2, 0.25) is 5.95 Å². The molecule has 1 aromatic heterocycles. The molecular formula is C8H11N3O2. The first-order chi connectivity index (χ1) is 6.02. The van der Waals surface area contributed by atoms with E-state index in [1.807, 2.05) is 0 Å². The van der Waals surface area contributed by atoms with E-state index in [4.69, 9.17) is 5.11 Å². The molecular weight excluding hydrogens is 170 g/mol. The first-order valence-electron chi connectivity index (χ1n) is 3.81. The number of nitrogens with zero attached hydrogens (tertiary/aromatic N) is 2. The van der Waals surface area contributed by atoms with Crippen LogP contribution in [-0.2, 0) is 4.79 Å². The number of nitrogens with one attached hydrogen (secondary N) is 1. The molecule has 70 valence electrons. The van der Waals surface area contributed by atoms with E-state index in [2.05, 4.69) is 15.3 Å². The molecule has 0 bridgehead atoms. The van der Waals surface area contributed by atoms with Crippen molar-refractivity contribution in [2.45, 2.75) is 19.4 Å². The molecule has 0 aliphatic carbocycles. The molecule has 0 unspecified atom stereocenters. The van der Waals surface area contributed by atoms with Gasteiger partial charge in [-0.1, -0.05) is 0 Å². The largest absolute Gasteiger partial charge is 0.480 e. The van der Waals surface area contributed by atoms with Gasteiger partial charge in [0.1, 0.15) is 5.54 Å². The van der Waals surface area contributed by atoms with Crippen LogP contribution < -0.4 is 5.32 Å². The lowest BCUT2D eigenvalue weighted by Gasteiger charge is -2.20. The molecule has 0 aromatic carbocycles. The Kier molecular flexibility index (Phi) is 2.46. The molecule has 5 nitrogen and oxygen atoms in total. The topological polar surface area (TPSA) is 75.1 Å². The van der Waals surface area contributed by atoms with Gasteiger partial charge in [0, 0.05) is 12.4 Å². The molecule has 0 saturated carbocycles. The number of hydrogen-bond acceptors (Lipinski definition) is 4. The summed E-state index contributed by atoms with van der Waals surface area (Å²) in [5.74, 6) is -0.630. The lowest BCUT2D eigenvalue weighted by atomic mass is 10.1. The molecule has 13 heavy (non-hydrogen) atoms. The van der Waals surface area contributed by atoms with Crippen LogP contribution in [0.15, 0.2) is 18.5 Å². The number of anilines is 1. The van der Waals surface area contributed by atoms with Crippen LogP contribution in [0.5, 0.6) is 0 Å². The maximum atomic E-state index is 10.7. The van der Waals surface area contributed by atoms with Gasteiger partial charge < -0.3 is 10.4 Å². The average molecular weight is 181 g/mol. The fourth-order valence-corrected chi connectivity index (χ4v) is 0.697. The van der Waals surface area contributed by atoms with E-state index in [9.17, 15) is 4.79 Å². The normalized spacial score (nSPS) is 10.9. The van der Waals surface area contributed by atoms with E-state index in [-0.39, 0.29) is 0 Å². The van der Waals surface area contributed by atoms with Gasteiger partial charge in [-0.3, -0.25) is 0 Å². The third kappa shape index (κ3) is 2.40. The number of rotatable bonds is 3. The Morgan fingerprint density at radius 3 is 2.46 bits per heavy atom. The zero-order chi connectivity index (χ0) is 9.90. The number of hydrogen-bond donors (Lipinski definition) is 2. The summed E-state index contributed by atoms with van der Waals surface area (Å²) >= 11 is 0. The predicted molar refractivity (Wildman–Crippen MR) is 47.4 cm³/mol. The van der Waals surface area contributed by atoms with Crippen LogP contribution in [0.4, 0.5) is 5.95 Å². The van der Waals surface area contributed by atoms with E-state index in [0.717, 1.165) is 0 Å². The molecule has 0 spiro atoms. The quantitative estimate of drug-likeness (QED) is 0.719. The van der Waals surface area contributed by atoms with Crippen molar-refractivity contribution in [1.29, 1.82) is 0 Å². The number of aromatic nitrogens is 2. The maximum absolute atomic E-state index is 10.7. The summed E-state index contributed by atoms with van der Waals surface area (Å²) < 4.78 is 0. The molecule has 5 heteroatoms. The number of aliphatic carboxylic acids is 1. The van der Waals surface area contributed by atoms with Crippen molar-refractivity contribution in [3.8, 4) is 0 Å². The molecule has 0 aliphatic rings. The van der Waals surface area contributed by atoms with E-state index >= 15 is 0 Å². The first kappa shape index (κ1) is 9.44. The van der Waals surface area contributed by atoms with Gasteiger partial charge >= 0.3 is 5.97 Å². The zero-order valence-electron chi connectivity index (χ0n) is 7.48. The minimum absolute atomic E-state index is 0.315. The van der Waals surface area contributed by atoms with Gasteiger partial charge in [-0.2, -0.15) is 0 Å². The molecule has 1 aromatic rings. The SMILES string of the molecule is CC(C)(Nc1ncccn1)C(=O)O. The Labute approximate surface area is 75.8 Å². The zero-order valence-corrected chi connectivity index (χ0v) is 7.48. The van der Waals surface area contributed by atoms with Crippen molar-refractivity contribution in [1.82, 2.24) is 9.97 Å². The molecule has 0 aliphatic heterocycles. The Hall–Kier alpha value is -1.65. The monoisotopic (exact) mass is 181 g/mol. The van der Waals surface area contributed by atoms with Crippen LogP contribution in [0.2, 0.25) is 0 Å². The molecule has 0 atom stereocenters. The average Bonchev–Trinajstić information content (AvgIpc) is 2.05. The van der Waals surface area contributed by atoms with Gasteiger partial charge in [-0.25, -0.2) is 14.8 Å². The van der Waals surface area contributed by atoms with Crippen LogP contribution >= 0.6 is 0 Å². The highest BCUT2D eigenvalue weighted by molar-refractivity contribution is 5.80. The highest BCUT2D eigenvalue weighted by atomic mass is 16.4. The predicted octanol–water partition coefficient (Wildman–Crippen LogP) is 0.752. The Morgan fingerprint density at radius 2 is 2.00 bits per heavy atom. The van der Waals surface area contributed by atoms with Crippen molar-refractivity contribution in [2.75, 3.05) is 5.32 Å². The first-order valence-corrected chi connectivity index (χ1v) is 3.81. The highest BCUT2D eigenvalue weighted by Crippen LogP contribution is 2.09. The fourth-order valence-electron chi connectivity index (χ4n) is 0.697. The highest BCUT2D eigenvalue weighted by Gasteiger charge is 2.27. The summed E-state index contributed by atoms with van der Waals surface area (Å²) in [7, 11) is 0. The third-order valence-corrected chi connectivity index (χ3v) is 1.52. The summed E-state index contributed by atoms with van der Waals surface area (Å²) in [5.41, 5.74) is -1.05. The van der Waals surface area contributed by atoms with Crippen LogP contribution in [0.3, 0.4) is 0 Å². The summed E-state index contributed by atoms with van der Waals surface area (Å²) in [6.07, 6.45) is 3.10. The van der Waals surface area contributed by atoms with Gasteiger partial charge in [0.15, 0.2) is 0 Å². The van der Waals surface area contributed by atoms with Gasteiger partial charge in [-0.15, -0.1) is 0 Å². The van der Waals surface area contributed by atoms with E-state index in [1.165, 1.54) is 0 Å². The minimum atomic E-state index is -1.05. The maximum Gasteiger partial charge on any atom is 0.328 e. The smallest absolute Gasteiger partial charge is 0.328 e. The lowest BCUT2D eigenvalue weighted by molar-refractivity contribution is -0.141. The summed E-state index contributed by atoms with van der Waals surface area (Å²) in [6, 6.07) is 1.67. The molecule has 0 saturated heterocycles. The van der Waals surface area contributed by atoms with Crippen LogP contribution in [0.25, 0.3) is 0 Å². The molecule has 0 radical (unpaired) electrons. The van der Waals surface area contributed by atoms with Crippen molar-refractivity contribution >= 4 is 11.9 Å². The van der Waals surface area contributed by atoms with Crippen molar-refractivity contribution in [3.05, 3.63) is 18.5 Å². The van der Waals surface area contributed by atoms with E-state index in [1.54, 1.807) is 32.3 Å². The second-order valence-electron chi connectivity index (χ2n) is 3.13. The van der Waals surface area contributed by atoms with Crippen molar-refractivity contribution in [2.24, 2.45) is 0 Å². The summed E-state index contributed by atoms with van der Waals surface area (Å²) in [5, 5.41) is 11.5. The number of carboxylic acid groups (broad SMARTS) is 1. The lowest BCUT2D eigenvalue weighted by Crippen LogP contribution is -2.40. The Morgan fingerprint density at radius 1 is 1.46 bits per heavy atom. The van der Waals surface area contributed by atoms with Gasteiger partial charge in [-0.05, 0) is 19.9 Å². The number of carboxylic acids is 1. The second-order valence-corrected chi connectivity index (χ2v) is 3.13. The van der Waals surface area contributed by atoms with E-state index in [0.29, 0.717) is 5.95 Å². The standard InChI is InChI=1S/C8H11N3O2/c1-8(2,6(12)13)11-7-9-4-3-5-10-7/h3-5H,1-2H3,(H,12,13)(H,9,10,11). The molecule has 1 rings (SSSR count). The minimum Gasteiger partial charge on any atom is -0.480 e. The molecule has 2 N–H and O–H groups in total. The molecule has 0 amide bonds. The molecule has 1 heterocycles. The van der Waals surface area contributed by atoms with Gasteiger partial charge in [0.05, 0.1) is 0 Å². The molecule has 0 fully saturated rings. The van der Waals surface area contributed by atoms with Gasteiger partial charge in [0.25, 0.3) is 0 Å². The van der Waals surface area contributed by atoms with E-state index < -0.39 is 11.5 Å². The summed E-state index contributed by atoms with van der Waals surface area (Å²) in [4.78, 5) is 18.4. The van der Waals surface area contributed by atoms with Crippen molar-refractivity contribution in [3.63, 3.8) is 0 Å². The Balaban J connectivity index is 2.75. The third-order valence-electron chi connectivity index (χ3n) is 1.52. The second kappa shape index (κ2) is 3.38. The van der Waals surface area contributed by atoms with Crippen LogP contribution in [0.1, 0.15) is 13.8 Å². The van der Waals surface area contributed by atoms with Crippen molar-refractivity contribution < 1.29 is 9.90 Å². The number of carbonyl (C=O) groups is 1.